The van der Waals surface area contributed by atoms with Gasteiger partial charge in [0, 0.05) is 12.2 Å². The molecule has 1 nitrogen and oxygen atoms in total. The number of para-hydroxylation sites is 1. The van der Waals surface area contributed by atoms with Crippen LogP contribution in [-0.4, -0.2) is 12.0 Å². The van der Waals surface area contributed by atoms with Gasteiger partial charge in [-0.2, -0.15) is 0 Å². The molecule has 0 amide bonds. The lowest BCUT2D eigenvalue weighted by atomic mass is 10.3. The molecular weight excluding hydrogens is 166 g/mol. The number of hydrogen-bond acceptors (Lipinski definition) is 1. The fraction of sp³-hybridized carbons (Fsp3) is 0.300. The number of hydrogen-bond donors (Lipinski definition) is 0. The predicted molar refractivity (Wildman–Crippen MR) is 57.7 cm³/mol. The Balaban J connectivity index is 2.73. The molecule has 0 unspecified atom stereocenters. The Morgan fingerprint density at radius 2 is 2.00 bits per heavy atom. The smallest absolute Gasteiger partial charge is 0.0685 e. The van der Waals surface area contributed by atoms with E-state index in [9.17, 15) is 0 Å². The quantitative estimate of drug-likeness (QED) is 0.654. The highest BCUT2D eigenvalue weighted by Gasteiger charge is 1.98. The summed E-state index contributed by atoms with van der Waals surface area (Å²) in [6.07, 6.45) is 1.11. The van der Waals surface area contributed by atoms with Crippen molar-refractivity contribution in [1.29, 1.82) is 0 Å². The molecule has 12 heavy (non-hydrogen) atoms. The standard InChI is InChI=1S/C10H13NS/c1-2-8-11(9-12)10-6-4-3-5-7-10/h3-7,9H,2,8H2,1H3. The summed E-state index contributed by atoms with van der Waals surface area (Å²) in [5.41, 5.74) is 2.88. The van der Waals surface area contributed by atoms with E-state index in [4.69, 9.17) is 12.2 Å². The molecule has 1 rings (SSSR count). The first-order valence-corrected chi connectivity index (χ1v) is 4.62. The van der Waals surface area contributed by atoms with Gasteiger partial charge in [-0.25, -0.2) is 0 Å². The first-order valence-electron chi connectivity index (χ1n) is 4.15. The molecule has 0 bridgehead atoms. The minimum Gasteiger partial charge on any atom is -0.339 e. The summed E-state index contributed by atoms with van der Waals surface area (Å²) in [5.74, 6) is 0. The first-order chi connectivity index (χ1) is 5.88. The van der Waals surface area contributed by atoms with Gasteiger partial charge in [-0.05, 0) is 18.6 Å². The lowest BCUT2D eigenvalue weighted by Gasteiger charge is -2.17. The summed E-state index contributed by atoms with van der Waals surface area (Å²) >= 11 is 4.92. The highest BCUT2D eigenvalue weighted by molar-refractivity contribution is 7.79. The van der Waals surface area contributed by atoms with E-state index >= 15 is 0 Å². The molecule has 0 aliphatic carbocycles. The van der Waals surface area contributed by atoms with Crippen molar-refractivity contribution >= 4 is 23.4 Å². The van der Waals surface area contributed by atoms with Gasteiger partial charge in [-0.15, -0.1) is 0 Å². The zero-order valence-electron chi connectivity index (χ0n) is 7.23. The number of benzene rings is 1. The van der Waals surface area contributed by atoms with Gasteiger partial charge in [-0.3, -0.25) is 0 Å². The van der Waals surface area contributed by atoms with Gasteiger partial charge in [-0.1, -0.05) is 37.3 Å². The SMILES string of the molecule is CCCN(C=S)c1ccccc1. The first kappa shape index (κ1) is 9.20. The summed E-state index contributed by atoms with van der Waals surface area (Å²) in [7, 11) is 0. The molecule has 1 aromatic rings. The number of thiocarbonyl (C=S) groups is 1. The third kappa shape index (κ3) is 2.31. The monoisotopic (exact) mass is 179 g/mol. The summed E-state index contributed by atoms with van der Waals surface area (Å²) in [5, 5.41) is 0. The zero-order valence-corrected chi connectivity index (χ0v) is 8.05. The van der Waals surface area contributed by atoms with Crippen LogP contribution in [0.2, 0.25) is 0 Å². The van der Waals surface area contributed by atoms with Crippen molar-refractivity contribution in [3.8, 4) is 0 Å². The van der Waals surface area contributed by atoms with Gasteiger partial charge in [0.15, 0.2) is 0 Å². The average Bonchev–Trinajstić information content (AvgIpc) is 2.15. The zero-order chi connectivity index (χ0) is 8.81. The van der Waals surface area contributed by atoms with Crippen LogP contribution in [0.15, 0.2) is 30.3 Å². The molecule has 0 saturated heterocycles. The van der Waals surface area contributed by atoms with E-state index in [1.54, 1.807) is 5.49 Å². The summed E-state index contributed by atoms with van der Waals surface area (Å²) in [6, 6.07) is 10.2. The molecule has 0 saturated carbocycles. The van der Waals surface area contributed by atoms with Crippen molar-refractivity contribution in [2.75, 3.05) is 11.4 Å². The van der Waals surface area contributed by atoms with Crippen LogP contribution in [0.5, 0.6) is 0 Å². The van der Waals surface area contributed by atoms with Crippen molar-refractivity contribution in [3.63, 3.8) is 0 Å². The highest BCUT2D eigenvalue weighted by Crippen LogP contribution is 2.11. The average molecular weight is 179 g/mol. The van der Waals surface area contributed by atoms with E-state index in [-0.39, 0.29) is 0 Å². The van der Waals surface area contributed by atoms with Gasteiger partial charge in [0.25, 0.3) is 0 Å². The van der Waals surface area contributed by atoms with E-state index in [1.165, 1.54) is 5.69 Å². The second kappa shape index (κ2) is 4.88. The van der Waals surface area contributed by atoms with Gasteiger partial charge >= 0.3 is 0 Å². The largest absolute Gasteiger partial charge is 0.339 e. The molecule has 64 valence electrons. The van der Waals surface area contributed by atoms with Gasteiger partial charge in [0.05, 0.1) is 5.49 Å². The Hall–Kier alpha value is -0.890. The number of anilines is 1. The molecule has 0 radical (unpaired) electrons. The maximum atomic E-state index is 4.92. The lowest BCUT2D eigenvalue weighted by molar-refractivity contribution is 0.915. The molecule has 0 aliphatic heterocycles. The summed E-state index contributed by atoms with van der Waals surface area (Å²) in [4.78, 5) is 2.08. The maximum absolute atomic E-state index is 4.92. The third-order valence-corrected chi connectivity index (χ3v) is 1.93. The van der Waals surface area contributed by atoms with E-state index < -0.39 is 0 Å². The van der Waals surface area contributed by atoms with E-state index in [2.05, 4.69) is 24.0 Å². The Morgan fingerprint density at radius 3 is 2.50 bits per heavy atom. The Kier molecular flexibility index (Phi) is 3.74. The number of rotatable bonds is 4. The van der Waals surface area contributed by atoms with Crippen LogP contribution >= 0.6 is 12.2 Å². The van der Waals surface area contributed by atoms with Crippen LogP contribution < -0.4 is 4.90 Å². The van der Waals surface area contributed by atoms with Crippen molar-refractivity contribution in [3.05, 3.63) is 30.3 Å². The molecular formula is C10H13NS. The second-order valence-corrected chi connectivity index (χ2v) is 2.85. The van der Waals surface area contributed by atoms with Crippen LogP contribution in [0, 0.1) is 0 Å². The Bertz CT molecular complexity index is 233. The Morgan fingerprint density at radius 1 is 1.33 bits per heavy atom. The molecule has 0 atom stereocenters. The van der Waals surface area contributed by atoms with Crippen molar-refractivity contribution in [2.24, 2.45) is 0 Å². The van der Waals surface area contributed by atoms with Crippen LogP contribution in [0.3, 0.4) is 0 Å². The maximum Gasteiger partial charge on any atom is 0.0685 e. The fourth-order valence-electron chi connectivity index (χ4n) is 1.10. The molecule has 0 spiro atoms. The summed E-state index contributed by atoms with van der Waals surface area (Å²) < 4.78 is 0. The minimum atomic E-state index is 0.994. The number of nitrogens with zero attached hydrogens (tertiary/aromatic N) is 1. The van der Waals surface area contributed by atoms with Crippen LogP contribution in [-0.2, 0) is 0 Å². The van der Waals surface area contributed by atoms with Crippen molar-refractivity contribution in [1.82, 2.24) is 0 Å². The fourth-order valence-corrected chi connectivity index (χ4v) is 1.33. The molecule has 1 aromatic carbocycles. The normalized spacial score (nSPS) is 9.42. The van der Waals surface area contributed by atoms with Gasteiger partial charge in [0.2, 0.25) is 0 Å². The van der Waals surface area contributed by atoms with Crippen LogP contribution in [0.25, 0.3) is 0 Å². The minimum absolute atomic E-state index is 0.994. The highest BCUT2D eigenvalue weighted by atomic mass is 32.1. The molecule has 0 aliphatic rings. The van der Waals surface area contributed by atoms with Crippen molar-refractivity contribution < 1.29 is 0 Å². The third-order valence-electron chi connectivity index (χ3n) is 1.68. The van der Waals surface area contributed by atoms with E-state index in [1.807, 2.05) is 18.2 Å². The molecule has 2 heteroatoms. The topological polar surface area (TPSA) is 3.24 Å². The predicted octanol–water partition coefficient (Wildman–Crippen LogP) is 2.86. The summed E-state index contributed by atoms with van der Waals surface area (Å²) in [6.45, 7) is 3.14. The molecule has 0 aromatic heterocycles. The van der Waals surface area contributed by atoms with Gasteiger partial charge < -0.3 is 4.90 Å². The molecule has 0 N–H and O–H groups in total. The van der Waals surface area contributed by atoms with E-state index in [0.29, 0.717) is 0 Å². The molecule has 0 heterocycles. The van der Waals surface area contributed by atoms with Gasteiger partial charge in [0.1, 0.15) is 0 Å². The lowest BCUT2D eigenvalue weighted by Crippen LogP contribution is -2.20. The van der Waals surface area contributed by atoms with Crippen LogP contribution in [0.4, 0.5) is 5.69 Å². The Labute approximate surface area is 79.0 Å². The van der Waals surface area contributed by atoms with Crippen LogP contribution in [0.1, 0.15) is 13.3 Å². The second-order valence-electron chi connectivity index (χ2n) is 2.63. The van der Waals surface area contributed by atoms with E-state index in [0.717, 1.165) is 13.0 Å². The van der Waals surface area contributed by atoms with Crippen molar-refractivity contribution in [2.45, 2.75) is 13.3 Å². The molecule has 0 fully saturated rings.